The number of amides is 1. The van der Waals surface area contributed by atoms with Gasteiger partial charge in [-0.3, -0.25) is 4.79 Å². The molecule has 0 aliphatic carbocycles. The van der Waals surface area contributed by atoms with Gasteiger partial charge in [0.25, 0.3) is 0 Å². The van der Waals surface area contributed by atoms with E-state index in [2.05, 4.69) is 5.32 Å². The van der Waals surface area contributed by atoms with Gasteiger partial charge in [-0.15, -0.1) is 0 Å². The zero-order valence-corrected chi connectivity index (χ0v) is 16.9. The Bertz CT molecular complexity index is 768. The Labute approximate surface area is 169 Å². The Morgan fingerprint density at radius 2 is 1.63 bits per heavy atom. The zero-order chi connectivity index (χ0) is 19.6. The van der Waals surface area contributed by atoms with E-state index in [4.69, 9.17) is 37.4 Å². The second kappa shape index (κ2) is 10.9. The van der Waals surface area contributed by atoms with Crippen LogP contribution in [-0.2, 0) is 4.79 Å². The van der Waals surface area contributed by atoms with E-state index in [1.807, 2.05) is 13.8 Å². The van der Waals surface area contributed by atoms with Crippen LogP contribution in [0.15, 0.2) is 36.4 Å². The monoisotopic (exact) mass is 411 g/mol. The van der Waals surface area contributed by atoms with Crippen LogP contribution >= 0.6 is 23.2 Å². The first kappa shape index (κ1) is 21.2. The van der Waals surface area contributed by atoms with E-state index in [1.54, 1.807) is 36.4 Å². The molecule has 0 saturated heterocycles. The molecule has 0 fully saturated rings. The van der Waals surface area contributed by atoms with Crippen LogP contribution in [0.2, 0.25) is 10.0 Å². The van der Waals surface area contributed by atoms with Gasteiger partial charge in [0.1, 0.15) is 5.75 Å². The van der Waals surface area contributed by atoms with Crippen LogP contribution in [0.25, 0.3) is 0 Å². The maximum atomic E-state index is 12.1. The zero-order valence-electron chi connectivity index (χ0n) is 15.4. The van der Waals surface area contributed by atoms with Crippen LogP contribution in [-0.4, -0.2) is 25.7 Å². The number of halogens is 2. The second-order valence-electron chi connectivity index (χ2n) is 5.60. The van der Waals surface area contributed by atoms with Gasteiger partial charge in [-0.1, -0.05) is 23.2 Å². The largest absolute Gasteiger partial charge is 0.492 e. The van der Waals surface area contributed by atoms with E-state index >= 15 is 0 Å². The highest BCUT2D eigenvalue weighted by Crippen LogP contribution is 2.31. The molecule has 0 saturated carbocycles. The van der Waals surface area contributed by atoms with Crippen molar-refractivity contribution in [1.82, 2.24) is 0 Å². The summed E-state index contributed by atoms with van der Waals surface area (Å²) in [4.78, 5) is 12.1. The summed E-state index contributed by atoms with van der Waals surface area (Å²) < 4.78 is 16.7. The Morgan fingerprint density at radius 1 is 0.926 bits per heavy atom. The molecule has 7 heteroatoms. The Morgan fingerprint density at radius 3 is 2.33 bits per heavy atom. The number of nitrogens with one attached hydrogen (secondary N) is 1. The predicted molar refractivity (Wildman–Crippen MR) is 109 cm³/mol. The van der Waals surface area contributed by atoms with Crippen molar-refractivity contribution in [2.75, 3.05) is 25.1 Å². The normalized spacial score (nSPS) is 10.4. The first-order valence-corrected chi connectivity index (χ1v) is 9.56. The third-order valence-electron chi connectivity index (χ3n) is 3.53. The SMILES string of the molecule is CCOc1ccc(NC(=O)CCCOc2ccc(Cl)cc2Cl)cc1OCC. The van der Waals surface area contributed by atoms with Gasteiger partial charge in [-0.25, -0.2) is 0 Å². The van der Waals surface area contributed by atoms with Crippen LogP contribution in [0.1, 0.15) is 26.7 Å². The number of anilines is 1. The number of hydrogen-bond donors (Lipinski definition) is 1. The fourth-order valence-corrected chi connectivity index (χ4v) is 2.82. The molecule has 0 spiro atoms. The van der Waals surface area contributed by atoms with Crippen molar-refractivity contribution in [2.24, 2.45) is 0 Å². The molecule has 2 aromatic carbocycles. The van der Waals surface area contributed by atoms with Crippen molar-refractivity contribution >= 4 is 34.8 Å². The Kier molecular flexibility index (Phi) is 8.55. The lowest BCUT2D eigenvalue weighted by Crippen LogP contribution is -2.13. The van der Waals surface area contributed by atoms with Crippen LogP contribution in [0, 0.1) is 0 Å². The van der Waals surface area contributed by atoms with Crippen LogP contribution in [0.4, 0.5) is 5.69 Å². The standard InChI is InChI=1S/C20H23Cl2NO4/c1-3-25-18-10-8-15(13-19(18)26-4-2)23-20(24)6-5-11-27-17-9-7-14(21)12-16(17)22/h7-10,12-13H,3-6,11H2,1-2H3,(H,23,24). The molecular weight excluding hydrogens is 389 g/mol. The van der Waals surface area contributed by atoms with E-state index in [0.29, 0.717) is 65.6 Å². The average molecular weight is 412 g/mol. The third kappa shape index (κ3) is 6.85. The average Bonchev–Trinajstić information content (AvgIpc) is 2.63. The Hall–Kier alpha value is -2.11. The number of hydrogen-bond acceptors (Lipinski definition) is 4. The molecule has 0 unspecified atom stereocenters. The quantitative estimate of drug-likeness (QED) is 0.517. The maximum Gasteiger partial charge on any atom is 0.224 e. The van der Waals surface area contributed by atoms with Gasteiger partial charge < -0.3 is 19.5 Å². The molecule has 146 valence electrons. The van der Waals surface area contributed by atoms with Crippen LogP contribution < -0.4 is 19.5 Å². The molecule has 0 aromatic heterocycles. The van der Waals surface area contributed by atoms with Crippen molar-refractivity contribution in [2.45, 2.75) is 26.7 Å². The minimum Gasteiger partial charge on any atom is -0.492 e. The molecule has 1 N–H and O–H groups in total. The highest BCUT2D eigenvalue weighted by molar-refractivity contribution is 6.35. The van der Waals surface area contributed by atoms with Crippen molar-refractivity contribution in [1.29, 1.82) is 0 Å². The Balaban J connectivity index is 1.82. The molecule has 0 bridgehead atoms. The van der Waals surface area contributed by atoms with E-state index in [0.717, 1.165) is 0 Å². The van der Waals surface area contributed by atoms with Gasteiger partial charge in [0.15, 0.2) is 11.5 Å². The summed E-state index contributed by atoms with van der Waals surface area (Å²) in [6, 6.07) is 10.4. The maximum absolute atomic E-state index is 12.1. The lowest BCUT2D eigenvalue weighted by Gasteiger charge is -2.13. The fraction of sp³-hybridized carbons (Fsp3) is 0.350. The summed E-state index contributed by atoms with van der Waals surface area (Å²) in [7, 11) is 0. The minimum absolute atomic E-state index is 0.104. The third-order valence-corrected chi connectivity index (χ3v) is 4.06. The van der Waals surface area contributed by atoms with Crippen molar-refractivity contribution in [3.8, 4) is 17.2 Å². The molecular formula is C20H23Cl2NO4. The molecule has 0 radical (unpaired) electrons. The first-order valence-electron chi connectivity index (χ1n) is 8.80. The number of rotatable bonds is 10. The van der Waals surface area contributed by atoms with Gasteiger partial charge in [-0.05, 0) is 50.6 Å². The molecule has 1 amide bonds. The van der Waals surface area contributed by atoms with Gasteiger partial charge in [-0.2, -0.15) is 0 Å². The molecule has 2 rings (SSSR count). The number of ether oxygens (including phenoxy) is 3. The summed E-state index contributed by atoms with van der Waals surface area (Å²) >= 11 is 11.9. The van der Waals surface area contributed by atoms with Crippen molar-refractivity contribution in [3.63, 3.8) is 0 Å². The molecule has 0 atom stereocenters. The smallest absolute Gasteiger partial charge is 0.224 e. The summed E-state index contributed by atoms with van der Waals surface area (Å²) in [5, 5.41) is 3.85. The number of benzene rings is 2. The molecule has 0 aliphatic heterocycles. The van der Waals surface area contributed by atoms with E-state index in [9.17, 15) is 4.79 Å². The molecule has 0 heterocycles. The van der Waals surface area contributed by atoms with Gasteiger partial charge in [0.2, 0.25) is 5.91 Å². The molecule has 27 heavy (non-hydrogen) atoms. The lowest BCUT2D eigenvalue weighted by molar-refractivity contribution is -0.116. The van der Waals surface area contributed by atoms with E-state index in [1.165, 1.54) is 0 Å². The van der Waals surface area contributed by atoms with Crippen LogP contribution in [0.3, 0.4) is 0 Å². The second-order valence-corrected chi connectivity index (χ2v) is 6.45. The topological polar surface area (TPSA) is 56.8 Å². The van der Waals surface area contributed by atoms with Crippen molar-refractivity contribution < 1.29 is 19.0 Å². The molecule has 5 nitrogen and oxygen atoms in total. The minimum atomic E-state index is -0.104. The van der Waals surface area contributed by atoms with Crippen molar-refractivity contribution in [3.05, 3.63) is 46.4 Å². The summed E-state index contributed by atoms with van der Waals surface area (Å²) in [6.07, 6.45) is 0.878. The summed E-state index contributed by atoms with van der Waals surface area (Å²) in [5.41, 5.74) is 0.661. The molecule has 2 aromatic rings. The van der Waals surface area contributed by atoms with Gasteiger partial charge in [0, 0.05) is 23.2 Å². The highest BCUT2D eigenvalue weighted by atomic mass is 35.5. The van der Waals surface area contributed by atoms with Crippen LogP contribution in [0.5, 0.6) is 17.2 Å². The first-order chi connectivity index (χ1) is 13.0. The molecule has 0 aliphatic rings. The predicted octanol–water partition coefficient (Wildman–Crippen LogP) is 5.59. The summed E-state index contributed by atoms with van der Waals surface area (Å²) in [6.45, 7) is 5.24. The van der Waals surface area contributed by atoms with Gasteiger partial charge in [0.05, 0.1) is 24.8 Å². The van der Waals surface area contributed by atoms with Gasteiger partial charge >= 0.3 is 0 Å². The number of carbonyl (C=O) groups is 1. The summed E-state index contributed by atoms with van der Waals surface area (Å²) in [5.74, 6) is 1.71. The lowest BCUT2D eigenvalue weighted by atomic mass is 10.2. The van der Waals surface area contributed by atoms with E-state index in [-0.39, 0.29) is 5.91 Å². The highest BCUT2D eigenvalue weighted by Gasteiger charge is 2.09. The number of carbonyl (C=O) groups excluding carboxylic acids is 1. The van der Waals surface area contributed by atoms with E-state index < -0.39 is 0 Å². The fourth-order valence-electron chi connectivity index (χ4n) is 2.36.